The highest BCUT2D eigenvalue weighted by Gasteiger charge is 2.42. The van der Waals surface area contributed by atoms with E-state index in [4.69, 9.17) is 0 Å². The number of carbonyl (C=O) groups is 2. The van der Waals surface area contributed by atoms with Crippen molar-refractivity contribution in [3.63, 3.8) is 0 Å². The van der Waals surface area contributed by atoms with Crippen LogP contribution in [0.4, 0.5) is 0 Å². The molecule has 1 rings (SSSR count). The molecule has 0 spiro atoms. The number of aliphatic hydroxyl groups is 1. The SMILES string of the molecule is O=C(OC(=O)[C@]1(O)CCCN1)C(CS)CS. The minimum atomic E-state index is -1.71. The second-order valence-corrected chi connectivity index (χ2v) is 4.39. The Bertz CT molecular complexity index is 275. The first kappa shape index (κ1) is 13.8. The van der Waals surface area contributed by atoms with E-state index in [-0.39, 0.29) is 17.9 Å². The van der Waals surface area contributed by atoms with Crippen molar-refractivity contribution in [1.29, 1.82) is 0 Å². The minimum absolute atomic E-state index is 0.251. The van der Waals surface area contributed by atoms with Gasteiger partial charge in [-0.15, -0.1) is 0 Å². The lowest BCUT2D eigenvalue weighted by Gasteiger charge is -2.20. The van der Waals surface area contributed by atoms with Gasteiger partial charge in [0.2, 0.25) is 5.72 Å². The number of rotatable bonds is 4. The molecule has 0 aromatic carbocycles. The maximum Gasteiger partial charge on any atom is 0.361 e. The van der Waals surface area contributed by atoms with Gasteiger partial charge in [-0.3, -0.25) is 10.1 Å². The first-order chi connectivity index (χ1) is 7.53. The standard InChI is InChI=1S/C9H15NO4S2/c11-7(6(4-15)5-16)14-8(12)9(13)2-1-3-10-9/h6,10,13,15-16H,1-5H2/t9-/m1/s1. The Morgan fingerprint density at radius 2 is 2.06 bits per heavy atom. The van der Waals surface area contributed by atoms with Crippen LogP contribution in [0.2, 0.25) is 0 Å². The molecule has 1 saturated heterocycles. The minimum Gasteiger partial charge on any atom is -0.390 e. The monoisotopic (exact) mass is 265 g/mol. The smallest absolute Gasteiger partial charge is 0.361 e. The number of esters is 2. The number of ether oxygens (including phenoxy) is 1. The third-order valence-electron chi connectivity index (χ3n) is 2.44. The summed E-state index contributed by atoms with van der Waals surface area (Å²) < 4.78 is 4.59. The lowest BCUT2D eigenvalue weighted by molar-refractivity contribution is -0.177. The maximum atomic E-state index is 11.5. The Hall–Kier alpha value is -0.240. The highest BCUT2D eigenvalue weighted by Crippen LogP contribution is 2.18. The molecule has 1 aliphatic heterocycles. The second kappa shape index (κ2) is 5.90. The average Bonchev–Trinajstić information content (AvgIpc) is 2.68. The fourth-order valence-electron chi connectivity index (χ4n) is 1.37. The highest BCUT2D eigenvalue weighted by molar-refractivity contribution is 7.81. The van der Waals surface area contributed by atoms with Gasteiger partial charge in [0.25, 0.3) is 0 Å². The quantitative estimate of drug-likeness (QED) is 0.316. The summed E-state index contributed by atoms with van der Waals surface area (Å²) in [5, 5.41) is 12.4. The van der Waals surface area contributed by atoms with Crippen molar-refractivity contribution < 1.29 is 19.4 Å². The normalized spacial score (nSPS) is 24.8. The van der Waals surface area contributed by atoms with Crippen LogP contribution in [0.15, 0.2) is 0 Å². The van der Waals surface area contributed by atoms with Gasteiger partial charge in [0.1, 0.15) is 0 Å². The summed E-state index contributed by atoms with van der Waals surface area (Å²) in [4.78, 5) is 22.9. The fraction of sp³-hybridized carbons (Fsp3) is 0.778. The molecule has 0 aromatic heterocycles. The molecule has 0 aromatic rings. The summed E-state index contributed by atoms with van der Waals surface area (Å²) in [6.07, 6.45) is 0.924. The topological polar surface area (TPSA) is 75.6 Å². The van der Waals surface area contributed by atoms with Crippen molar-refractivity contribution >= 4 is 37.2 Å². The van der Waals surface area contributed by atoms with Gasteiger partial charge >= 0.3 is 11.9 Å². The van der Waals surface area contributed by atoms with E-state index in [1.54, 1.807) is 0 Å². The molecule has 1 fully saturated rings. The molecular formula is C9H15NO4S2. The van der Waals surface area contributed by atoms with Crippen molar-refractivity contribution in [1.82, 2.24) is 5.32 Å². The summed E-state index contributed by atoms with van der Waals surface area (Å²) in [6, 6.07) is 0. The van der Waals surface area contributed by atoms with Crippen LogP contribution in [0, 0.1) is 5.92 Å². The zero-order chi connectivity index (χ0) is 12.2. The van der Waals surface area contributed by atoms with Gasteiger partial charge in [0.05, 0.1) is 5.92 Å². The van der Waals surface area contributed by atoms with Crippen LogP contribution < -0.4 is 5.32 Å². The van der Waals surface area contributed by atoms with Crippen molar-refractivity contribution in [3.05, 3.63) is 0 Å². The van der Waals surface area contributed by atoms with Crippen molar-refractivity contribution in [2.24, 2.45) is 5.92 Å². The van der Waals surface area contributed by atoms with Gasteiger partial charge < -0.3 is 9.84 Å². The van der Waals surface area contributed by atoms with E-state index in [1.165, 1.54) is 0 Å². The Labute approximate surface area is 105 Å². The zero-order valence-electron chi connectivity index (χ0n) is 8.68. The molecule has 0 aliphatic carbocycles. The lowest BCUT2D eigenvalue weighted by Crippen LogP contribution is -2.49. The van der Waals surface area contributed by atoms with Crippen LogP contribution >= 0.6 is 25.3 Å². The van der Waals surface area contributed by atoms with Gasteiger partial charge in [0.15, 0.2) is 0 Å². The van der Waals surface area contributed by atoms with Crippen LogP contribution in [0.1, 0.15) is 12.8 Å². The lowest BCUT2D eigenvalue weighted by atomic mass is 10.1. The first-order valence-corrected chi connectivity index (χ1v) is 6.25. The molecule has 0 amide bonds. The molecule has 0 radical (unpaired) electrons. The van der Waals surface area contributed by atoms with Gasteiger partial charge in [0, 0.05) is 17.9 Å². The van der Waals surface area contributed by atoms with Crippen molar-refractivity contribution in [3.8, 4) is 0 Å². The number of carbonyl (C=O) groups excluding carboxylic acids is 2. The number of nitrogens with one attached hydrogen (secondary N) is 1. The van der Waals surface area contributed by atoms with Gasteiger partial charge in [-0.1, -0.05) is 0 Å². The van der Waals surface area contributed by atoms with Crippen molar-refractivity contribution in [2.75, 3.05) is 18.1 Å². The molecule has 92 valence electrons. The predicted octanol–water partition coefficient (Wildman–Crippen LogP) is -0.396. The predicted molar refractivity (Wildman–Crippen MR) is 64.5 cm³/mol. The maximum absolute atomic E-state index is 11.5. The molecular weight excluding hydrogens is 250 g/mol. The summed E-state index contributed by atoms with van der Waals surface area (Å²) >= 11 is 7.90. The van der Waals surface area contributed by atoms with Crippen LogP contribution in [-0.4, -0.2) is 40.8 Å². The molecule has 16 heavy (non-hydrogen) atoms. The third-order valence-corrected chi connectivity index (χ3v) is 3.32. The van der Waals surface area contributed by atoms with E-state index in [9.17, 15) is 14.7 Å². The molecule has 1 aliphatic rings. The average molecular weight is 265 g/mol. The Morgan fingerprint density at radius 1 is 1.44 bits per heavy atom. The molecule has 5 nitrogen and oxygen atoms in total. The van der Waals surface area contributed by atoms with E-state index in [0.29, 0.717) is 13.0 Å². The van der Waals surface area contributed by atoms with Gasteiger partial charge in [-0.05, 0) is 13.0 Å². The van der Waals surface area contributed by atoms with E-state index >= 15 is 0 Å². The number of hydrogen-bond acceptors (Lipinski definition) is 7. The summed E-state index contributed by atoms with van der Waals surface area (Å²) in [5.41, 5.74) is -1.71. The zero-order valence-corrected chi connectivity index (χ0v) is 10.5. The van der Waals surface area contributed by atoms with Crippen LogP contribution in [0.5, 0.6) is 0 Å². The van der Waals surface area contributed by atoms with E-state index in [0.717, 1.165) is 0 Å². The van der Waals surface area contributed by atoms with E-state index in [1.807, 2.05) is 0 Å². The van der Waals surface area contributed by atoms with Gasteiger partial charge in [-0.2, -0.15) is 25.3 Å². The van der Waals surface area contributed by atoms with Gasteiger partial charge in [-0.25, -0.2) is 4.79 Å². The number of thiol groups is 2. The molecule has 7 heteroatoms. The molecule has 1 atom stereocenters. The summed E-state index contributed by atoms with van der Waals surface area (Å²) in [7, 11) is 0. The Morgan fingerprint density at radius 3 is 2.50 bits per heavy atom. The highest BCUT2D eigenvalue weighted by atomic mass is 32.1. The Kier molecular flexibility index (Phi) is 5.10. The molecule has 2 N–H and O–H groups in total. The third kappa shape index (κ3) is 3.13. The number of hydrogen-bond donors (Lipinski definition) is 4. The summed E-state index contributed by atoms with van der Waals surface area (Å²) in [5.74, 6) is -1.68. The van der Waals surface area contributed by atoms with Crippen LogP contribution in [0.3, 0.4) is 0 Å². The second-order valence-electron chi connectivity index (χ2n) is 3.66. The Balaban J connectivity index is 2.53. The van der Waals surface area contributed by atoms with E-state index < -0.39 is 23.6 Å². The molecule has 0 unspecified atom stereocenters. The first-order valence-electron chi connectivity index (χ1n) is 4.98. The van der Waals surface area contributed by atoms with Crippen LogP contribution in [0.25, 0.3) is 0 Å². The van der Waals surface area contributed by atoms with E-state index in [2.05, 4.69) is 35.3 Å². The molecule has 1 heterocycles. The molecule has 0 saturated carbocycles. The molecule has 0 bridgehead atoms. The fourth-order valence-corrected chi connectivity index (χ4v) is 2.13. The van der Waals surface area contributed by atoms with Crippen molar-refractivity contribution in [2.45, 2.75) is 18.6 Å². The van der Waals surface area contributed by atoms with Crippen LogP contribution in [-0.2, 0) is 14.3 Å². The largest absolute Gasteiger partial charge is 0.390 e. The summed E-state index contributed by atoms with van der Waals surface area (Å²) in [6.45, 7) is 0.530.